The first-order valence-corrected chi connectivity index (χ1v) is 6.58. The summed E-state index contributed by atoms with van der Waals surface area (Å²) in [5.41, 5.74) is 1.75. The van der Waals surface area contributed by atoms with Crippen molar-refractivity contribution in [1.82, 2.24) is 0 Å². The Labute approximate surface area is 121 Å². The van der Waals surface area contributed by atoms with Crippen LogP contribution in [0.5, 0.6) is 5.75 Å². The van der Waals surface area contributed by atoms with Gasteiger partial charge in [0.25, 0.3) is 0 Å². The summed E-state index contributed by atoms with van der Waals surface area (Å²) in [7, 11) is 1.54. The first-order chi connectivity index (χ1) is 9.04. The van der Waals surface area contributed by atoms with Gasteiger partial charge in [0.1, 0.15) is 11.6 Å². The smallest absolute Gasteiger partial charge is 0.137 e. The Bertz CT molecular complexity index is 599. The Morgan fingerprint density at radius 1 is 1.21 bits per heavy atom. The summed E-state index contributed by atoms with van der Waals surface area (Å²) in [5.74, 6) is 0.286. The van der Waals surface area contributed by atoms with Crippen LogP contribution in [0, 0.1) is 12.7 Å². The lowest BCUT2D eigenvalue weighted by atomic mass is 10.0. The Morgan fingerprint density at radius 3 is 2.58 bits per heavy atom. The minimum atomic E-state index is -0.580. The molecule has 0 radical (unpaired) electrons. The van der Waals surface area contributed by atoms with E-state index >= 15 is 0 Å². The number of ether oxygens (including phenoxy) is 1. The molecule has 0 saturated carbocycles. The van der Waals surface area contributed by atoms with E-state index in [1.165, 1.54) is 0 Å². The van der Waals surface area contributed by atoms with Crippen molar-refractivity contribution in [3.05, 3.63) is 63.9 Å². The summed E-state index contributed by atoms with van der Waals surface area (Å²) >= 11 is 12.4. The second kappa shape index (κ2) is 5.81. The molecule has 0 aliphatic carbocycles. The molecule has 19 heavy (non-hydrogen) atoms. The lowest BCUT2D eigenvalue weighted by molar-refractivity contribution is 0.415. The molecule has 2 aromatic rings. The summed E-state index contributed by atoms with van der Waals surface area (Å²) in [6, 6.07) is 10.4. The number of alkyl halides is 1. The molecule has 0 saturated heterocycles. The molecule has 0 aliphatic rings. The van der Waals surface area contributed by atoms with E-state index in [4.69, 9.17) is 27.9 Å². The van der Waals surface area contributed by atoms with E-state index in [9.17, 15) is 4.39 Å². The number of halogens is 3. The van der Waals surface area contributed by atoms with Gasteiger partial charge in [-0.15, -0.1) is 11.6 Å². The molecule has 100 valence electrons. The highest BCUT2D eigenvalue weighted by molar-refractivity contribution is 6.32. The van der Waals surface area contributed by atoms with Crippen molar-refractivity contribution in [1.29, 1.82) is 0 Å². The largest absolute Gasteiger partial charge is 0.495 e. The zero-order valence-corrected chi connectivity index (χ0v) is 12.1. The predicted octanol–water partition coefficient (Wildman–Crippen LogP) is 5.12. The third-order valence-electron chi connectivity index (χ3n) is 2.96. The van der Waals surface area contributed by atoms with Gasteiger partial charge in [0, 0.05) is 5.56 Å². The van der Waals surface area contributed by atoms with E-state index in [0.29, 0.717) is 21.9 Å². The highest BCUT2D eigenvalue weighted by Crippen LogP contribution is 2.35. The summed E-state index contributed by atoms with van der Waals surface area (Å²) in [4.78, 5) is 0. The zero-order chi connectivity index (χ0) is 14.0. The molecule has 0 heterocycles. The molecule has 4 heteroatoms. The van der Waals surface area contributed by atoms with E-state index in [0.717, 1.165) is 5.56 Å². The fraction of sp³-hybridized carbons (Fsp3) is 0.200. The van der Waals surface area contributed by atoms with Crippen molar-refractivity contribution in [2.45, 2.75) is 12.3 Å². The first-order valence-electron chi connectivity index (χ1n) is 5.77. The average molecular weight is 299 g/mol. The van der Waals surface area contributed by atoms with Gasteiger partial charge in [-0.25, -0.2) is 4.39 Å². The van der Waals surface area contributed by atoms with Crippen molar-refractivity contribution in [2.75, 3.05) is 7.11 Å². The number of methoxy groups -OCH3 is 1. The maximum Gasteiger partial charge on any atom is 0.137 e. The minimum absolute atomic E-state index is 0.283. The molecule has 0 fully saturated rings. The van der Waals surface area contributed by atoms with Crippen molar-refractivity contribution in [3.8, 4) is 5.75 Å². The van der Waals surface area contributed by atoms with Crippen LogP contribution in [0.15, 0.2) is 36.4 Å². The lowest BCUT2D eigenvalue weighted by Gasteiger charge is -2.14. The lowest BCUT2D eigenvalue weighted by Crippen LogP contribution is -1.99. The normalized spacial score (nSPS) is 12.3. The molecule has 0 spiro atoms. The van der Waals surface area contributed by atoms with Gasteiger partial charge in [-0.05, 0) is 30.2 Å². The van der Waals surface area contributed by atoms with Gasteiger partial charge in [-0.1, -0.05) is 35.9 Å². The minimum Gasteiger partial charge on any atom is -0.495 e. The zero-order valence-electron chi connectivity index (χ0n) is 10.6. The molecule has 0 bridgehead atoms. The third kappa shape index (κ3) is 2.85. The molecule has 0 aromatic heterocycles. The van der Waals surface area contributed by atoms with Crippen LogP contribution in [0.2, 0.25) is 5.02 Å². The molecule has 2 rings (SSSR count). The Hall–Kier alpha value is -1.25. The van der Waals surface area contributed by atoms with Crippen molar-refractivity contribution in [3.63, 3.8) is 0 Å². The number of rotatable bonds is 3. The third-order valence-corrected chi connectivity index (χ3v) is 3.75. The Balaban J connectivity index is 2.41. The Kier molecular flexibility index (Phi) is 4.33. The quantitative estimate of drug-likeness (QED) is 0.714. The fourth-order valence-corrected chi connectivity index (χ4v) is 2.46. The van der Waals surface area contributed by atoms with Crippen molar-refractivity contribution < 1.29 is 9.13 Å². The Morgan fingerprint density at radius 2 is 1.95 bits per heavy atom. The maximum absolute atomic E-state index is 14.0. The molecular formula is C15H13Cl2FO. The van der Waals surface area contributed by atoms with Gasteiger partial charge in [0.15, 0.2) is 0 Å². The molecule has 0 N–H and O–H groups in total. The average Bonchev–Trinajstić information content (AvgIpc) is 2.41. The van der Waals surface area contributed by atoms with Crippen LogP contribution >= 0.6 is 23.2 Å². The van der Waals surface area contributed by atoms with Gasteiger partial charge >= 0.3 is 0 Å². The van der Waals surface area contributed by atoms with Crippen molar-refractivity contribution in [2.24, 2.45) is 0 Å². The van der Waals surface area contributed by atoms with Gasteiger partial charge in [-0.3, -0.25) is 0 Å². The van der Waals surface area contributed by atoms with E-state index in [-0.39, 0.29) is 5.82 Å². The van der Waals surface area contributed by atoms with E-state index in [1.807, 2.05) is 0 Å². The SMILES string of the molecule is COc1ccc(C(Cl)c2cccc(C)c2F)cc1Cl. The molecular weight excluding hydrogens is 286 g/mol. The van der Waals surface area contributed by atoms with E-state index in [2.05, 4.69) is 0 Å². The highest BCUT2D eigenvalue weighted by Gasteiger charge is 2.17. The first kappa shape index (κ1) is 14.2. The summed E-state index contributed by atoms with van der Waals surface area (Å²) in [5, 5.41) is -0.123. The second-order valence-electron chi connectivity index (χ2n) is 4.23. The van der Waals surface area contributed by atoms with Crippen LogP contribution in [0.25, 0.3) is 0 Å². The molecule has 2 aromatic carbocycles. The molecule has 1 unspecified atom stereocenters. The molecule has 1 nitrogen and oxygen atoms in total. The van der Waals surface area contributed by atoms with Gasteiger partial charge < -0.3 is 4.74 Å². The van der Waals surface area contributed by atoms with Gasteiger partial charge in [0.05, 0.1) is 17.5 Å². The van der Waals surface area contributed by atoms with Crippen molar-refractivity contribution >= 4 is 23.2 Å². The van der Waals surface area contributed by atoms with E-state index in [1.54, 1.807) is 50.4 Å². The molecule has 1 atom stereocenters. The summed E-state index contributed by atoms with van der Waals surface area (Å²) in [6.45, 7) is 1.71. The standard InChI is InChI=1S/C15H13Cl2FO/c1-9-4-3-5-11(15(9)18)14(17)10-6-7-13(19-2)12(16)8-10/h3-8,14H,1-2H3. The fourth-order valence-electron chi connectivity index (χ4n) is 1.89. The van der Waals surface area contributed by atoms with Crippen LogP contribution < -0.4 is 4.74 Å². The molecule has 0 amide bonds. The van der Waals surface area contributed by atoms with Crippen LogP contribution in [0.4, 0.5) is 4.39 Å². The topological polar surface area (TPSA) is 9.23 Å². The summed E-state index contributed by atoms with van der Waals surface area (Å²) < 4.78 is 19.1. The second-order valence-corrected chi connectivity index (χ2v) is 5.08. The number of hydrogen-bond donors (Lipinski definition) is 0. The van der Waals surface area contributed by atoms with Crippen LogP contribution in [-0.4, -0.2) is 7.11 Å². The van der Waals surface area contributed by atoms with Crippen LogP contribution in [0.1, 0.15) is 22.1 Å². The van der Waals surface area contributed by atoms with Gasteiger partial charge in [-0.2, -0.15) is 0 Å². The van der Waals surface area contributed by atoms with Gasteiger partial charge in [0.2, 0.25) is 0 Å². The number of aryl methyl sites for hydroxylation is 1. The van der Waals surface area contributed by atoms with Crippen LogP contribution in [-0.2, 0) is 0 Å². The highest BCUT2D eigenvalue weighted by atomic mass is 35.5. The maximum atomic E-state index is 14.0. The number of benzene rings is 2. The number of hydrogen-bond acceptors (Lipinski definition) is 1. The predicted molar refractivity (Wildman–Crippen MR) is 76.8 cm³/mol. The van der Waals surface area contributed by atoms with Crippen LogP contribution in [0.3, 0.4) is 0 Å². The monoisotopic (exact) mass is 298 g/mol. The van der Waals surface area contributed by atoms with E-state index < -0.39 is 5.38 Å². The molecule has 0 aliphatic heterocycles. The summed E-state index contributed by atoms with van der Waals surface area (Å²) in [6.07, 6.45) is 0.